The van der Waals surface area contributed by atoms with Gasteiger partial charge in [0, 0.05) is 26.4 Å². The highest BCUT2D eigenvalue weighted by molar-refractivity contribution is 7.46. The Morgan fingerprint density at radius 1 is 1.11 bits per heavy atom. The van der Waals surface area contributed by atoms with Crippen molar-refractivity contribution in [3.05, 3.63) is 35.4 Å². The molecule has 3 amide bonds. The second-order valence-electron chi connectivity index (χ2n) is 8.33. The number of halogens is 3. The number of alkyl halides is 3. The summed E-state index contributed by atoms with van der Waals surface area (Å²) >= 11 is 0. The van der Waals surface area contributed by atoms with E-state index in [1.807, 2.05) is 0 Å². The molecule has 2 atom stereocenters. The monoisotopic (exact) mass is 539 g/mol. The molecule has 0 spiro atoms. The first-order chi connectivity index (χ1) is 16.7. The van der Waals surface area contributed by atoms with Crippen molar-refractivity contribution in [2.45, 2.75) is 50.4 Å². The Morgan fingerprint density at radius 3 is 2.17 bits per heavy atom. The van der Waals surface area contributed by atoms with Gasteiger partial charge in [-0.05, 0) is 36.5 Å². The van der Waals surface area contributed by atoms with E-state index in [0.717, 1.165) is 19.1 Å². The molecular weight excluding hydrogens is 510 g/mol. The first-order valence-corrected chi connectivity index (χ1v) is 12.6. The van der Waals surface area contributed by atoms with Gasteiger partial charge in [-0.15, -0.1) is 0 Å². The smallest absolute Gasteiger partial charge is 0.394 e. The van der Waals surface area contributed by atoms with Crippen LogP contribution >= 0.6 is 7.82 Å². The molecule has 1 heterocycles. The molecule has 1 aromatic rings. The van der Waals surface area contributed by atoms with Gasteiger partial charge in [0.2, 0.25) is 17.7 Å². The molecule has 36 heavy (non-hydrogen) atoms. The summed E-state index contributed by atoms with van der Waals surface area (Å²) in [5, 5.41) is 14.0. The molecule has 0 aliphatic carbocycles. The lowest BCUT2D eigenvalue weighted by Crippen LogP contribution is -2.56. The summed E-state index contributed by atoms with van der Waals surface area (Å²) in [7, 11) is -4.82. The number of nitrogens with zero attached hydrogens (tertiary/aromatic N) is 1. The number of likely N-dealkylation sites (tertiary alicyclic amines) is 1. The number of phosphoric ester groups is 1. The zero-order valence-electron chi connectivity index (χ0n) is 19.4. The van der Waals surface area contributed by atoms with Crippen molar-refractivity contribution in [2.24, 2.45) is 0 Å². The Balaban J connectivity index is 2.05. The Morgan fingerprint density at radius 2 is 1.69 bits per heavy atom. The number of nitrogens with one attached hydrogen (secondary N) is 2. The molecule has 1 aliphatic rings. The zero-order valence-corrected chi connectivity index (χ0v) is 20.3. The standard InChI is InChI=1S/C21H29F3N3O8P/c1-13(29)25-18(12-28)19(30)26-17(8-11-35-36(32,33)34)20(31)27-9-6-15(7-10-27)14-2-4-16(5-3-14)21(22,23)24/h2-5,15,17-18,28H,6-12H2,1H3,(H,25,29)(H,26,30)(H2,32,33,34)/t17-,18-/m0/s1. The molecule has 0 saturated carbocycles. The number of hydrogen-bond donors (Lipinski definition) is 5. The van der Waals surface area contributed by atoms with E-state index < -0.39 is 62.6 Å². The van der Waals surface area contributed by atoms with E-state index in [0.29, 0.717) is 18.4 Å². The average Bonchev–Trinajstić information content (AvgIpc) is 2.80. The average molecular weight is 539 g/mol. The van der Waals surface area contributed by atoms with E-state index in [9.17, 15) is 37.2 Å². The number of aliphatic hydroxyl groups is 1. The molecule has 1 aromatic carbocycles. The molecule has 5 N–H and O–H groups in total. The molecule has 0 aromatic heterocycles. The topological polar surface area (TPSA) is 166 Å². The summed E-state index contributed by atoms with van der Waals surface area (Å²) in [5.41, 5.74) is -0.0495. The van der Waals surface area contributed by atoms with Gasteiger partial charge >= 0.3 is 14.0 Å². The van der Waals surface area contributed by atoms with Gasteiger partial charge in [0.05, 0.1) is 18.8 Å². The predicted octanol–water partition coefficient (Wildman–Crippen LogP) is 0.893. The largest absolute Gasteiger partial charge is 0.469 e. The fraction of sp³-hybridized carbons (Fsp3) is 0.571. The summed E-state index contributed by atoms with van der Waals surface area (Å²) in [6, 6.07) is 2.22. The molecule has 0 unspecified atom stereocenters. The number of hydrogen-bond acceptors (Lipinski definition) is 6. The van der Waals surface area contributed by atoms with Gasteiger partial charge in [0.1, 0.15) is 12.1 Å². The number of carbonyl (C=O) groups is 3. The maximum Gasteiger partial charge on any atom is 0.469 e. The predicted molar refractivity (Wildman–Crippen MR) is 119 cm³/mol. The van der Waals surface area contributed by atoms with Gasteiger partial charge in [-0.2, -0.15) is 13.2 Å². The highest BCUT2D eigenvalue weighted by Gasteiger charge is 2.33. The molecule has 1 saturated heterocycles. The summed E-state index contributed by atoms with van der Waals surface area (Å²) < 4.78 is 53.7. The number of benzene rings is 1. The van der Waals surface area contributed by atoms with Crippen molar-refractivity contribution in [1.29, 1.82) is 0 Å². The van der Waals surface area contributed by atoms with Crippen molar-refractivity contribution < 1.29 is 51.5 Å². The normalized spacial score (nSPS) is 16.8. The molecule has 0 bridgehead atoms. The van der Waals surface area contributed by atoms with Crippen LogP contribution < -0.4 is 10.6 Å². The summed E-state index contributed by atoms with van der Waals surface area (Å²) in [6.07, 6.45) is -3.84. The number of piperidine rings is 1. The minimum absolute atomic E-state index is 0.0825. The Labute approximate surface area is 205 Å². The quantitative estimate of drug-likeness (QED) is 0.274. The van der Waals surface area contributed by atoms with Crippen LogP contribution in [0.2, 0.25) is 0 Å². The van der Waals surface area contributed by atoms with Crippen molar-refractivity contribution in [3.63, 3.8) is 0 Å². The molecule has 11 nitrogen and oxygen atoms in total. The van der Waals surface area contributed by atoms with Crippen LogP contribution in [0.15, 0.2) is 24.3 Å². The minimum Gasteiger partial charge on any atom is -0.394 e. The third-order valence-electron chi connectivity index (χ3n) is 5.67. The maximum absolute atomic E-state index is 13.1. The SMILES string of the molecule is CC(=O)N[C@@H](CO)C(=O)N[C@@H](CCOP(=O)(O)O)C(=O)N1CCC(c2ccc(C(F)(F)F)cc2)CC1. The van der Waals surface area contributed by atoms with Gasteiger partial charge in [-0.25, -0.2) is 4.57 Å². The van der Waals surface area contributed by atoms with Gasteiger partial charge in [0.15, 0.2) is 0 Å². The summed E-state index contributed by atoms with van der Waals surface area (Å²) in [5.74, 6) is -2.12. The molecule has 1 aliphatic heterocycles. The van der Waals surface area contributed by atoms with Crippen LogP contribution in [0.25, 0.3) is 0 Å². The van der Waals surface area contributed by atoms with E-state index in [2.05, 4.69) is 15.2 Å². The lowest BCUT2D eigenvalue weighted by molar-refractivity contribution is -0.139. The number of carbonyl (C=O) groups excluding carboxylic acids is 3. The van der Waals surface area contributed by atoms with Crippen molar-refractivity contribution in [2.75, 3.05) is 26.3 Å². The van der Waals surface area contributed by atoms with Gasteiger partial charge in [0.25, 0.3) is 0 Å². The second kappa shape index (κ2) is 12.6. The van der Waals surface area contributed by atoms with E-state index in [4.69, 9.17) is 9.79 Å². The number of aliphatic hydroxyl groups excluding tert-OH is 1. The van der Waals surface area contributed by atoms with E-state index in [1.165, 1.54) is 17.0 Å². The van der Waals surface area contributed by atoms with Gasteiger partial charge in [-0.3, -0.25) is 18.9 Å². The first kappa shape index (κ1) is 29.7. The fourth-order valence-electron chi connectivity index (χ4n) is 3.86. The van der Waals surface area contributed by atoms with Crippen LogP contribution in [-0.4, -0.2) is 75.9 Å². The molecule has 0 radical (unpaired) electrons. The lowest BCUT2D eigenvalue weighted by atomic mass is 9.88. The number of phosphoric acid groups is 1. The van der Waals surface area contributed by atoms with Crippen LogP contribution in [0.3, 0.4) is 0 Å². The van der Waals surface area contributed by atoms with Crippen LogP contribution in [-0.2, 0) is 29.6 Å². The van der Waals surface area contributed by atoms with E-state index in [1.54, 1.807) is 0 Å². The third-order valence-corrected chi connectivity index (χ3v) is 6.19. The fourth-order valence-corrected chi connectivity index (χ4v) is 4.20. The van der Waals surface area contributed by atoms with Crippen LogP contribution in [0, 0.1) is 0 Å². The van der Waals surface area contributed by atoms with Crippen molar-refractivity contribution in [3.8, 4) is 0 Å². The lowest BCUT2D eigenvalue weighted by Gasteiger charge is -2.35. The van der Waals surface area contributed by atoms with Gasteiger partial charge in [-0.1, -0.05) is 12.1 Å². The maximum atomic E-state index is 13.1. The van der Waals surface area contributed by atoms with Crippen LogP contribution in [0.5, 0.6) is 0 Å². The summed E-state index contributed by atoms with van der Waals surface area (Å²) in [4.78, 5) is 56.0. The third kappa shape index (κ3) is 9.17. The highest BCUT2D eigenvalue weighted by Crippen LogP contribution is 2.36. The first-order valence-electron chi connectivity index (χ1n) is 11.1. The molecule has 15 heteroatoms. The minimum atomic E-state index is -4.82. The van der Waals surface area contributed by atoms with E-state index >= 15 is 0 Å². The zero-order chi connectivity index (χ0) is 27.1. The molecule has 1 fully saturated rings. The van der Waals surface area contributed by atoms with Crippen LogP contribution in [0.1, 0.15) is 43.2 Å². The molecule has 202 valence electrons. The highest BCUT2D eigenvalue weighted by atomic mass is 31.2. The molecular formula is C21H29F3N3O8P. The van der Waals surface area contributed by atoms with Crippen molar-refractivity contribution in [1.82, 2.24) is 15.5 Å². The van der Waals surface area contributed by atoms with Crippen LogP contribution in [0.4, 0.5) is 13.2 Å². The number of amides is 3. The Kier molecular flexibility index (Phi) is 10.4. The van der Waals surface area contributed by atoms with Crippen molar-refractivity contribution >= 4 is 25.5 Å². The molecule has 2 rings (SSSR count). The Bertz CT molecular complexity index is 962. The second-order valence-corrected chi connectivity index (χ2v) is 9.57. The Hall–Kier alpha value is -2.51. The number of rotatable bonds is 10. The summed E-state index contributed by atoms with van der Waals surface area (Å²) in [6.45, 7) is 0.279. The van der Waals surface area contributed by atoms with E-state index in [-0.39, 0.29) is 25.4 Å². The van der Waals surface area contributed by atoms with Gasteiger partial charge < -0.3 is 30.4 Å².